The van der Waals surface area contributed by atoms with Crippen LogP contribution in [0, 0.1) is 0 Å². The standard InChI is InChI=1S/C22H30N4O/c1-4-5-6-10-13-20(27)26-15-14-19-18(16-26)22(25(2)3)24-21(23-19)17-11-8-7-9-12-17/h7-9,11-12H,4-6,10,13-16H2,1-3H3. The summed E-state index contributed by atoms with van der Waals surface area (Å²) in [5.74, 6) is 1.94. The summed E-state index contributed by atoms with van der Waals surface area (Å²) < 4.78 is 0. The molecule has 5 heteroatoms. The van der Waals surface area contributed by atoms with Gasteiger partial charge in [-0.3, -0.25) is 4.79 Å². The van der Waals surface area contributed by atoms with Crippen LogP contribution in [0.3, 0.4) is 0 Å². The van der Waals surface area contributed by atoms with E-state index in [2.05, 4.69) is 6.92 Å². The number of nitrogens with zero attached hydrogens (tertiary/aromatic N) is 4. The summed E-state index contributed by atoms with van der Waals surface area (Å²) >= 11 is 0. The maximum absolute atomic E-state index is 12.6. The molecular weight excluding hydrogens is 336 g/mol. The number of amides is 1. The molecule has 5 nitrogen and oxygen atoms in total. The van der Waals surface area contributed by atoms with Crippen molar-refractivity contribution in [1.29, 1.82) is 0 Å². The number of unbranched alkanes of at least 4 members (excludes halogenated alkanes) is 3. The molecule has 1 aromatic carbocycles. The second-order valence-corrected chi connectivity index (χ2v) is 7.43. The van der Waals surface area contributed by atoms with Crippen molar-refractivity contribution in [3.8, 4) is 11.4 Å². The van der Waals surface area contributed by atoms with Crippen molar-refractivity contribution in [2.45, 2.75) is 52.0 Å². The van der Waals surface area contributed by atoms with Crippen LogP contribution < -0.4 is 4.90 Å². The fourth-order valence-corrected chi connectivity index (χ4v) is 3.56. The lowest BCUT2D eigenvalue weighted by atomic mass is 10.0. The maximum Gasteiger partial charge on any atom is 0.222 e. The summed E-state index contributed by atoms with van der Waals surface area (Å²) in [7, 11) is 4.01. The fraction of sp³-hybridized carbons (Fsp3) is 0.500. The number of carbonyl (C=O) groups excluding carboxylic acids is 1. The molecule has 0 bridgehead atoms. The summed E-state index contributed by atoms with van der Waals surface area (Å²) in [6.45, 7) is 3.55. The van der Waals surface area contributed by atoms with Crippen molar-refractivity contribution in [1.82, 2.24) is 14.9 Å². The Kier molecular flexibility index (Phi) is 6.43. The number of carbonyl (C=O) groups is 1. The van der Waals surface area contributed by atoms with E-state index in [1.54, 1.807) is 0 Å². The van der Waals surface area contributed by atoms with Crippen LogP contribution in [0.15, 0.2) is 30.3 Å². The smallest absolute Gasteiger partial charge is 0.222 e. The SMILES string of the molecule is CCCCCCC(=O)N1CCc2nc(-c3ccccc3)nc(N(C)C)c2C1. The second-order valence-electron chi connectivity index (χ2n) is 7.43. The van der Waals surface area contributed by atoms with Gasteiger partial charge in [0.2, 0.25) is 5.91 Å². The number of fused-ring (bicyclic) bond motifs is 1. The summed E-state index contributed by atoms with van der Waals surface area (Å²) in [5, 5.41) is 0. The van der Waals surface area contributed by atoms with Gasteiger partial charge in [0.05, 0.1) is 12.2 Å². The van der Waals surface area contributed by atoms with Gasteiger partial charge in [-0.05, 0) is 6.42 Å². The van der Waals surface area contributed by atoms with Crippen molar-refractivity contribution < 1.29 is 4.79 Å². The molecule has 1 amide bonds. The largest absolute Gasteiger partial charge is 0.362 e. The molecule has 144 valence electrons. The molecule has 0 fully saturated rings. The Balaban J connectivity index is 1.80. The lowest BCUT2D eigenvalue weighted by molar-refractivity contribution is -0.132. The zero-order chi connectivity index (χ0) is 19.2. The fourth-order valence-electron chi connectivity index (χ4n) is 3.56. The van der Waals surface area contributed by atoms with Gasteiger partial charge < -0.3 is 9.80 Å². The van der Waals surface area contributed by atoms with Crippen molar-refractivity contribution in [2.75, 3.05) is 25.5 Å². The Morgan fingerprint density at radius 2 is 1.89 bits per heavy atom. The maximum atomic E-state index is 12.6. The highest BCUT2D eigenvalue weighted by molar-refractivity contribution is 5.77. The van der Waals surface area contributed by atoms with Crippen LogP contribution in [-0.4, -0.2) is 41.4 Å². The predicted molar refractivity (Wildman–Crippen MR) is 110 cm³/mol. The Hall–Kier alpha value is -2.43. The first-order valence-corrected chi connectivity index (χ1v) is 10.0. The van der Waals surface area contributed by atoms with E-state index >= 15 is 0 Å². The molecule has 0 spiro atoms. The minimum absolute atomic E-state index is 0.258. The molecule has 2 aromatic rings. The minimum Gasteiger partial charge on any atom is -0.362 e. The average Bonchev–Trinajstić information content (AvgIpc) is 2.70. The molecule has 0 aliphatic carbocycles. The van der Waals surface area contributed by atoms with Crippen molar-refractivity contribution in [2.24, 2.45) is 0 Å². The van der Waals surface area contributed by atoms with Gasteiger partial charge >= 0.3 is 0 Å². The van der Waals surface area contributed by atoms with E-state index < -0.39 is 0 Å². The third-order valence-electron chi connectivity index (χ3n) is 5.09. The van der Waals surface area contributed by atoms with Crippen LogP contribution in [0.4, 0.5) is 5.82 Å². The van der Waals surface area contributed by atoms with Gasteiger partial charge in [0.25, 0.3) is 0 Å². The predicted octanol–water partition coefficient (Wildman–Crippen LogP) is 4.06. The second kappa shape index (κ2) is 8.98. The highest BCUT2D eigenvalue weighted by atomic mass is 16.2. The highest BCUT2D eigenvalue weighted by Crippen LogP contribution is 2.29. The molecule has 1 aromatic heterocycles. The van der Waals surface area contributed by atoms with E-state index in [1.807, 2.05) is 54.2 Å². The molecule has 0 saturated heterocycles. The van der Waals surface area contributed by atoms with E-state index in [0.717, 1.165) is 54.3 Å². The molecule has 0 atom stereocenters. The van der Waals surface area contributed by atoms with Crippen LogP contribution >= 0.6 is 0 Å². The van der Waals surface area contributed by atoms with E-state index in [4.69, 9.17) is 9.97 Å². The van der Waals surface area contributed by atoms with Crippen LogP contribution in [-0.2, 0) is 17.8 Å². The first-order chi connectivity index (χ1) is 13.1. The Morgan fingerprint density at radius 3 is 2.59 bits per heavy atom. The van der Waals surface area contributed by atoms with Crippen LogP contribution in [0.2, 0.25) is 0 Å². The van der Waals surface area contributed by atoms with Gasteiger partial charge in [0.15, 0.2) is 5.82 Å². The number of anilines is 1. The molecule has 0 saturated carbocycles. The van der Waals surface area contributed by atoms with E-state index in [1.165, 1.54) is 12.8 Å². The quantitative estimate of drug-likeness (QED) is 0.693. The summed E-state index contributed by atoms with van der Waals surface area (Å²) in [6.07, 6.45) is 5.96. The monoisotopic (exact) mass is 366 g/mol. The molecule has 0 unspecified atom stereocenters. The number of hydrogen-bond donors (Lipinski definition) is 0. The molecule has 1 aliphatic heterocycles. The highest BCUT2D eigenvalue weighted by Gasteiger charge is 2.26. The Labute approximate surface area is 162 Å². The van der Waals surface area contributed by atoms with Gasteiger partial charge in [-0.2, -0.15) is 0 Å². The number of benzene rings is 1. The van der Waals surface area contributed by atoms with Crippen molar-refractivity contribution in [3.05, 3.63) is 41.6 Å². The number of hydrogen-bond acceptors (Lipinski definition) is 4. The normalized spacial score (nSPS) is 13.4. The minimum atomic E-state index is 0.258. The third-order valence-corrected chi connectivity index (χ3v) is 5.09. The van der Waals surface area contributed by atoms with Gasteiger partial charge in [-0.1, -0.05) is 56.5 Å². The zero-order valence-electron chi connectivity index (χ0n) is 16.7. The van der Waals surface area contributed by atoms with Crippen molar-refractivity contribution >= 4 is 11.7 Å². The van der Waals surface area contributed by atoms with Gasteiger partial charge in [-0.25, -0.2) is 9.97 Å². The van der Waals surface area contributed by atoms with Crippen molar-refractivity contribution in [3.63, 3.8) is 0 Å². The van der Waals surface area contributed by atoms with Crippen LogP contribution in [0.5, 0.6) is 0 Å². The Bertz CT molecular complexity index is 773. The van der Waals surface area contributed by atoms with Gasteiger partial charge in [0.1, 0.15) is 5.82 Å². The average molecular weight is 367 g/mol. The number of aromatic nitrogens is 2. The zero-order valence-corrected chi connectivity index (χ0v) is 16.7. The third kappa shape index (κ3) is 4.65. The molecule has 2 heterocycles. The van der Waals surface area contributed by atoms with E-state index in [9.17, 15) is 4.79 Å². The summed E-state index contributed by atoms with van der Waals surface area (Å²) in [5.41, 5.74) is 3.19. The van der Waals surface area contributed by atoms with Gasteiger partial charge in [0, 0.05) is 44.6 Å². The Morgan fingerprint density at radius 1 is 1.11 bits per heavy atom. The molecule has 0 N–H and O–H groups in total. The van der Waals surface area contributed by atoms with Crippen LogP contribution in [0.1, 0.15) is 50.3 Å². The topological polar surface area (TPSA) is 49.3 Å². The van der Waals surface area contributed by atoms with E-state index in [-0.39, 0.29) is 5.91 Å². The summed E-state index contributed by atoms with van der Waals surface area (Å²) in [6, 6.07) is 10.1. The van der Waals surface area contributed by atoms with E-state index in [0.29, 0.717) is 13.0 Å². The molecule has 27 heavy (non-hydrogen) atoms. The first kappa shape index (κ1) is 19.3. The molecule has 3 rings (SSSR count). The lowest BCUT2D eigenvalue weighted by Gasteiger charge is -2.31. The van der Waals surface area contributed by atoms with Gasteiger partial charge in [-0.15, -0.1) is 0 Å². The molecule has 1 aliphatic rings. The first-order valence-electron chi connectivity index (χ1n) is 10.0. The number of rotatable bonds is 7. The lowest BCUT2D eigenvalue weighted by Crippen LogP contribution is -2.37. The molecular formula is C22H30N4O. The molecule has 0 radical (unpaired) electrons. The summed E-state index contributed by atoms with van der Waals surface area (Å²) in [4.78, 5) is 26.3. The van der Waals surface area contributed by atoms with Crippen LogP contribution in [0.25, 0.3) is 11.4 Å².